The molecule has 1 aromatic rings. The molecule has 5 heteroatoms. The van der Waals surface area contributed by atoms with Crippen LogP contribution in [0, 0.1) is 12.8 Å². The van der Waals surface area contributed by atoms with E-state index in [0.29, 0.717) is 16.9 Å². The number of benzene rings is 1. The summed E-state index contributed by atoms with van der Waals surface area (Å²) in [4.78, 5) is 12.2. The van der Waals surface area contributed by atoms with Crippen LogP contribution in [0.3, 0.4) is 0 Å². The summed E-state index contributed by atoms with van der Waals surface area (Å²) in [6.45, 7) is 5.70. The van der Waals surface area contributed by atoms with Gasteiger partial charge in [-0.2, -0.15) is 0 Å². The average molecular weight is 385 g/mol. The van der Waals surface area contributed by atoms with Crippen LogP contribution in [-0.4, -0.2) is 31.3 Å². The lowest BCUT2D eigenvalue weighted by molar-refractivity contribution is -0.117. The first kappa shape index (κ1) is 17.6. The highest BCUT2D eigenvalue weighted by molar-refractivity contribution is 9.10. The summed E-state index contributed by atoms with van der Waals surface area (Å²) in [6, 6.07) is 7.48. The molecular formula is C17H21BrO3S. The summed E-state index contributed by atoms with van der Waals surface area (Å²) in [5.41, 5.74) is 0.541. The molecule has 0 bridgehead atoms. The maximum absolute atomic E-state index is 12.6. The van der Waals surface area contributed by atoms with Gasteiger partial charge in [0.15, 0.2) is 5.78 Å². The average Bonchev–Trinajstić information content (AvgIpc) is 2.49. The zero-order valence-electron chi connectivity index (χ0n) is 13.0. The van der Waals surface area contributed by atoms with Crippen molar-refractivity contribution in [3.8, 4) is 0 Å². The predicted molar refractivity (Wildman–Crippen MR) is 92.7 cm³/mol. The first-order valence-electron chi connectivity index (χ1n) is 7.36. The quantitative estimate of drug-likeness (QED) is 0.811. The number of aliphatic hydroxyl groups is 1. The van der Waals surface area contributed by atoms with Gasteiger partial charge in [-0.15, -0.1) is 0 Å². The SMILES string of the molecule is CCC1=CC(=O)C(Br)[C@@H](C)[C@]1(O)C[S@@](=O)c1ccc(C)cc1. The molecule has 1 aromatic carbocycles. The van der Waals surface area contributed by atoms with E-state index in [0.717, 1.165) is 5.56 Å². The van der Waals surface area contributed by atoms with Gasteiger partial charge in [0.25, 0.3) is 0 Å². The van der Waals surface area contributed by atoms with Crippen molar-refractivity contribution < 1.29 is 14.1 Å². The highest BCUT2D eigenvalue weighted by Gasteiger charge is 2.46. The second-order valence-electron chi connectivity index (χ2n) is 5.84. The van der Waals surface area contributed by atoms with Gasteiger partial charge in [-0.25, -0.2) is 0 Å². The molecule has 0 saturated heterocycles. The van der Waals surface area contributed by atoms with E-state index in [4.69, 9.17) is 0 Å². The number of ketones is 1. The first-order valence-corrected chi connectivity index (χ1v) is 9.59. The van der Waals surface area contributed by atoms with Crippen LogP contribution in [0.2, 0.25) is 0 Å². The van der Waals surface area contributed by atoms with E-state index in [1.807, 2.05) is 45.0 Å². The molecule has 0 saturated carbocycles. The molecule has 0 radical (unpaired) electrons. The topological polar surface area (TPSA) is 54.4 Å². The maximum Gasteiger partial charge on any atom is 0.169 e. The van der Waals surface area contributed by atoms with Gasteiger partial charge in [0.2, 0.25) is 0 Å². The highest BCUT2D eigenvalue weighted by atomic mass is 79.9. The van der Waals surface area contributed by atoms with Gasteiger partial charge in [-0.3, -0.25) is 9.00 Å². The molecule has 120 valence electrons. The van der Waals surface area contributed by atoms with E-state index in [1.54, 1.807) is 0 Å². The van der Waals surface area contributed by atoms with E-state index < -0.39 is 21.2 Å². The van der Waals surface area contributed by atoms with Crippen molar-refractivity contribution >= 4 is 32.5 Å². The van der Waals surface area contributed by atoms with Crippen LogP contribution in [0.25, 0.3) is 0 Å². The van der Waals surface area contributed by atoms with Gasteiger partial charge in [-0.1, -0.05) is 47.5 Å². The largest absolute Gasteiger partial charge is 0.384 e. The Bertz CT molecular complexity index is 623. The van der Waals surface area contributed by atoms with Crippen LogP contribution in [-0.2, 0) is 15.6 Å². The monoisotopic (exact) mass is 384 g/mol. The number of halogens is 1. The zero-order valence-corrected chi connectivity index (χ0v) is 15.4. The summed E-state index contributed by atoms with van der Waals surface area (Å²) in [7, 11) is -1.32. The van der Waals surface area contributed by atoms with E-state index in [9.17, 15) is 14.1 Å². The third-order valence-electron chi connectivity index (χ3n) is 4.35. The summed E-state index contributed by atoms with van der Waals surface area (Å²) in [5, 5.41) is 11.1. The molecule has 4 atom stereocenters. The van der Waals surface area contributed by atoms with Gasteiger partial charge < -0.3 is 5.11 Å². The van der Waals surface area contributed by atoms with E-state index in [1.165, 1.54) is 6.08 Å². The second-order valence-corrected chi connectivity index (χ2v) is 8.28. The summed E-state index contributed by atoms with van der Waals surface area (Å²) >= 11 is 3.35. The normalized spacial score (nSPS) is 30.0. The molecule has 1 unspecified atom stereocenters. The van der Waals surface area contributed by atoms with Crippen molar-refractivity contribution in [2.45, 2.75) is 42.5 Å². The van der Waals surface area contributed by atoms with Gasteiger partial charge in [0.05, 0.1) is 21.4 Å². The molecule has 0 fully saturated rings. The second kappa shape index (κ2) is 6.77. The molecule has 3 nitrogen and oxygen atoms in total. The van der Waals surface area contributed by atoms with Crippen molar-refractivity contribution in [2.24, 2.45) is 5.92 Å². The molecule has 2 rings (SSSR count). The van der Waals surface area contributed by atoms with Crippen LogP contribution in [0.1, 0.15) is 25.8 Å². The fraction of sp³-hybridized carbons (Fsp3) is 0.471. The Hall–Kier alpha value is -0.780. The van der Waals surface area contributed by atoms with Gasteiger partial charge in [0, 0.05) is 10.8 Å². The summed E-state index contributed by atoms with van der Waals surface area (Å²) in [5.74, 6) is -0.253. The van der Waals surface area contributed by atoms with Crippen LogP contribution in [0.15, 0.2) is 40.8 Å². The van der Waals surface area contributed by atoms with Crippen LogP contribution >= 0.6 is 15.9 Å². The number of alkyl halides is 1. The Morgan fingerprint density at radius 3 is 2.45 bits per heavy atom. The molecule has 1 aliphatic carbocycles. The molecule has 0 heterocycles. The summed E-state index contributed by atoms with van der Waals surface area (Å²) < 4.78 is 12.6. The third kappa shape index (κ3) is 3.26. The Morgan fingerprint density at radius 1 is 1.32 bits per heavy atom. The predicted octanol–water partition coefficient (Wildman–Crippen LogP) is 3.15. The molecule has 22 heavy (non-hydrogen) atoms. The summed E-state index contributed by atoms with van der Waals surface area (Å²) in [6.07, 6.45) is 2.07. The number of hydrogen-bond acceptors (Lipinski definition) is 3. The van der Waals surface area contributed by atoms with Gasteiger partial charge >= 0.3 is 0 Å². The van der Waals surface area contributed by atoms with Crippen molar-refractivity contribution in [1.29, 1.82) is 0 Å². The highest BCUT2D eigenvalue weighted by Crippen LogP contribution is 2.39. The van der Waals surface area contributed by atoms with Crippen LogP contribution in [0.4, 0.5) is 0 Å². The molecular weight excluding hydrogens is 364 g/mol. The fourth-order valence-electron chi connectivity index (χ4n) is 2.76. The first-order chi connectivity index (χ1) is 10.3. The Labute approximate surface area is 142 Å². The molecule has 1 aliphatic rings. The van der Waals surface area contributed by atoms with E-state index >= 15 is 0 Å². The maximum atomic E-state index is 12.6. The number of rotatable bonds is 4. The van der Waals surface area contributed by atoms with E-state index in [-0.39, 0.29) is 17.5 Å². The fourth-order valence-corrected chi connectivity index (χ4v) is 4.79. The van der Waals surface area contributed by atoms with Crippen molar-refractivity contribution in [3.63, 3.8) is 0 Å². The lowest BCUT2D eigenvalue weighted by atomic mass is 9.75. The van der Waals surface area contributed by atoms with E-state index in [2.05, 4.69) is 15.9 Å². The minimum atomic E-state index is -1.32. The standard InChI is InChI=1S/C17H21BrO3S/c1-4-13-9-15(19)16(18)12(3)17(13,20)10-22(21)14-7-5-11(2)6-8-14/h5-9,12,16,20H,4,10H2,1-3H3/t12-,16?,17-,22-/m1/s1. The Morgan fingerprint density at radius 2 is 1.91 bits per heavy atom. The van der Waals surface area contributed by atoms with Gasteiger partial charge in [0.1, 0.15) is 5.60 Å². The van der Waals surface area contributed by atoms with Gasteiger partial charge in [-0.05, 0) is 37.1 Å². The number of aryl methyl sites for hydroxylation is 1. The Balaban J connectivity index is 2.32. The number of carbonyl (C=O) groups is 1. The third-order valence-corrected chi connectivity index (χ3v) is 7.10. The number of allylic oxidation sites excluding steroid dienone is 1. The zero-order chi connectivity index (χ0) is 16.5. The molecule has 0 spiro atoms. The molecule has 1 N–H and O–H groups in total. The number of carbonyl (C=O) groups excluding carboxylic acids is 1. The lowest BCUT2D eigenvalue weighted by Crippen LogP contribution is -2.51. The molecule has 0 amide bonds. The van der Waals surface area contributed by atoms with Crippen molar-refractivity contribution in [3.05, 3.63) is 41.5 Å². The minimum absolute atomic E-state index is 0.0323. The number of hydrogen-bond donors (Lipinski definition) is 1. The molecule has 0 aromatic heterocycles. The van der Waals surface area contributed by atoms with Crippen LogP contribution in [0.5, 0.6) is 0 Å². The van der Waals surface area contributed by atoms with Crippen molar-refractivity contribution in [1.82, 2.24) is 0 Å². The Kier molecular flexibility index (Phi) is 5.41. The smallest absolute Gasteiger partial charge is 0.169 e. The minimum Gasteiger partial charge on any atom is -0.384 e. The van der Waals surface area contributed by atoms with Crippen LogP contribution < -0.4 is 0 Å². The van der Waals surface area contributed by atoms with Crippen molar-refractivity contribution in [2.75, 3.05) is 5.75 Å². The molecule has 0 aliphatic heterocycles. The lowest BCUT2D eigenvalue weighted by Gasteiger charge is -2.40.